The Morgan fingerprint density at radius 3 is 2.00 bits per heavy atom. The van der Waals surface area contributed by atoms with Crippen molar-refractivity contribution in [3.05, 3.63) is 139 Å². The highest BCUT2D eigenvalue weighted by molar-refractivity contribution is 7.25. The lowest BCUT2D eigenvalue weighted by molar-refractivity contribution is 1.07. The smallest absolute Gasteiger partial charge is 0.208 e. The van der Waals surface area contributed by atoms with Gasteiger partial charge in [0.05, 0.1) is 0 Å². The van der Waals surface area contributed by atoms with E-state index in [0.29, 0.717) is 11.6 Å². The number of thiophene rings is 1. The summed E-state index contributed by atoms with van der Waals surface area (Å²) >= 11 is 8.27. The fourth-order valence-corrected chi connectivity index (χ4v) is 7.00. The van der Waals surface area contributed by atoms with Crippen LogP contribution in [0.3, 0.4) is 0 Å². The minimum atomic E-state index is 0.178. The van der Waals surface area contributed by atoms with Gasteiger partial charge in [-0.2, -0.15) is 9.97 Å². The van der Waals surface area contributed by atoms with Crippen molar-refractivity contribution in [1.29, 1.82) is 0 Å². The molecule has 8 aromatic rings. The summed E-state index contributed by atoms with van der Waals surface area (Å²) in [5, 5.41) is 4.94. The van der Waals surface area contributed by atoms with Crippen molar-refractivity contribution in [3.63, 3.8) is 0 Å². The van der Waals surface area contributed by atoms with Crippen molar-refractivity contribution in [1.82, 2.24) is 15.0 Å². The lowest BCUT2D eigenvalue weighted by atomic mass is 9.92. The predicted octanol–water partition coefficient (Wildman–Crippen LogP) is 10.7. The van der Waals surface area contributed by atoms with E-state index < -0.39 is 0 Å². The third kappa shape index (κ3) is 4.33. The van der Waals surface area contributed by atoms with Crippen LogP contribution in [0.25, 0.3) is 76.0 Å². The summed E-state index contributed by atoms with van der Waals surface area (Å²) in [7, 11) is 0. The zero-order chi connectivity index (χ0) is 28.0. The summed E-state index contributed by atoms with van der Waals surface area (Å²) < 4.78 is 2.43. The molecule has 0 aliphatic carbocycles. The number of hydrogen-bond donors (Lipinski definition) is 0. The van der Waals surface area contributed by atoms with E-state index in [-0.39, 0.29) is 5.28 Å². The molecular weight excluding hydrogens is 554 g/mol. The van der Waals surface area contributed by atoms with Crippen molar-refractivity contribution in [2.75, 3.05) is 0 Å². The second kappa shape index (κ2) is 10.2. The van der Waals surface area contributed by atoms with Crippen LogP contribution in [0.15, 0.2) is 133 Å². The number of rotatable bonds is 4. The Bertz CT molecular complexity index is 2260. The molecular formula is C37H22ClN3S. The first-order valence-electron chi connectivity index (χ1n) is 13.7. The minimum Gasteiger partial charge on any atom is -0.208 e. The van der Waals surface area contributed by atoms with E-state index >= 15 is 0 Å². The standard InChI is InChI=1S/C37H22ClN3S/c38-37-40-35(39-36(41-37)30-14-8-16-33-34(30)29-13-6-7-15-32(29)42-33)25-19-17-24(18-20-25)31-22-27(23-9-2-1-3-10-23)21-26-11-4-5-12-28(26)31/h1-22H. The predicted molar refractivity (Wildman–Crippen MR) is 177 cm³/mol. The molecule has 5 heteroatoms. The van der Waals surface area contributed by atoms with Crippen molar-refractivity contribution in [2.45, 2.75) is 0 Å². The van der Waals surface area contributed by atoms with Crippen molar-refractivity contribution >= 4 is 53.9 Å². The summed E-state index contributed by atoms with van der Waals surface area (Å²) in [5.41, 5.74) is 6.54. The maximum Gasteiger partial charge on any atom is 0.226 e. The summed E-state index contributed by atoms with van der Waals surface area (Å²) in [4.78, 5) is 14.0. The van der Waals surface area contributed by atoms with Gasteiger partial charge in [0.2, 0.25) is 5.28 Å². The average molecular weight is 576 g/mol. The first-order chi connectivity index (χ1) is 20.7. The second-order valence-electron chi connectivity index (χ2n) is 10.2. The monoisotopic (exact) mass is 575 g/mol. The van der Waals surface area contributed by atoms with Crippen LogP contribution in [0.5, 0.6) is 0 Å². The normalized spacial score (nSPS) is 11.5. The highest BCUT2D eigenvalue weighted by atomic mass is 35.5. The van der Waals surface area contributed by atoms with E-state index in [2.05, 4.69) is 131 Å². The fraction of sp³-hybridized carbons (Fsp3) is 0. The van der Waals surface area contributed by atoms with Crippen LogP contribution in [-0.4, -0.2) is 15.0 Å². The van der Waals surface area contributed by atoms with Crippen LogP contribution in [-0.2, 0) is 0 Å². The lowest BCUT2D eigenvalue weighted by Crippen LogP contribution is -1.97. The van der Waals surface area contributed by atoms with Crippen LogP contribution in [0.2, 0.25) is 5.28 Å². The molecule has 0 aliphatic heterocycles. The number of benzene rings is 6. The van der Waals surface area contributed by atoms with Gasteiger partial charge in [0.25, 0.3) is 0 Å². The Morgan fingerprint density at radius 2 is 1.14 bits per heavy atom. The number of nitrogens with zero attached hydrogens (tertiary/aromatic N) is 3. The zero-order valence-electron chi connectivity index (χ0n) is 22.3. The first-order valence-corrected chi connectivity index (χ1v) is 14.9. The molecule has 0 aliphatic rings. The third-order valence-corrected chi connectivity index (χ3v) is 8.98. The lowest BCUT2D eigenvalue weighted by Gasteiger charge is -2.12. The van der Waals surface area contributed by atoms with E-state index in [1.54, 1.807) is 11.3 Å². The molecule has 0 saturated carbocycles. The third-order valence-electron chi connectivity index (χ3n) is 7.67. The summed E-state index contributed by atoms with van der Waals surface area (Å²) in [6, 6.07) is 46.7. The zero-order valence-corrected chi connectivity index (χ0v) is 23.9. The Balaban J connectivity index is 1.22. The summed E-state index contributed by atoms with van der Waals surface area (Å²) in [6.45, 7) is 0. The van der Waals surface area contributed by atoms with Crippen LogP contribution >= 0.6 is 22.9 Å². The quantitative estimate of drug-likeness (QED) is 0.209. The van der Waals surface area contributed by atoms with Crippen LogP contribution in [0, 0.1) is 0 Å². The molecule has 0 atom stereocenters. The molecule has 0 unspecified atom stereocenters. The Labute approximate surface area is 251 Å². The molecule has 2 heterocycles. The number of hydrogen-bond acceptors (Lipinski definition) is 4. The summed E-state index contributed by atoms with van der Waals surface area (Å²) in [5.74, 6) is 1.13. The van der Waals surface area contributed by atoms with Gasteiger partial charge in [-0.25, -0.2) is 4.98 Å². The van der Waals surface area contributed by atoms with Gasteiger partial charge in [0, 0.05) is 31.3 Å². The molecule has 0 spiro atoms. The Morgan fingerprint density at radius 1 is 0.452 bits per heavy atom. The molecule has 42 heavy (non-hydrogen) atoms. The van der Waals surface area contributed by atoms with Gasteiger partial charge < -0.3 is 0 Å². The molecule has 3 nitrogen and oxygen atoms in total. The van der Waals surface area contributed by atoms with Gasteiger partial charge in [-0.1, -0.05) is 109 Å². The molecule has 0 amide bonds. The minimum absolute atomic E-state index is 0.178. The molecule has 0 radical (unpaired) electrons. The van der Waals surface area contributed by atoms with Crippen molar-refractivity contribution < 1.29 is 0 Å². The molecule has 198 valence electrons. The molecule has 0 saturated heterocycles. The SMILES string of the molecule is Clc1nc(-c2ccc(-c3cc(-c4ccccc4)cc4ccccc34)cc2)nc(-c2cccc3sc4ccccc4c23)n1. The largest absolute Gasteiger partial charge is 0.226 e. The highest BCUT2D eigenvalue weighted by Gasteiger charge is 2.16. The van der Waals surface area contributed by atoms with Crippen LogP contribution < -0.4 is 0 Å². The number of fused-ring (bicyclic) bond motifs is 4. The van der Waals surface area contributed by atoms with Gasteiger partial charge in [0.15, 0.2) is 11.6 Å². The molecule has 8 rings (SSSR count). The van der Waals surface area contributed by atoms with E-state index in [9.17, 15) is 0 Å². The summed E-state index contributed by atoms with van der Waals surface area (Å²) in [6.07, 6.45) is 0. The average Bonchev–Trinajstić information content (AvgIpc) is 3.43. The molecule has 0 bridgehead atoms. The van der Waals surface area contributed by atoms with Gasteiger partial charge in [0.1, 0.15) is 0 Å². The maximum atomic E-state index is 6.50. The van der Waals surface area contributed by atoms with E-state index in [1.807, 2.05) is 12.1 Å². The Hall–Kier alpha value is -4.90. The highest BCUT2D eigenvalue weighted by Crippen LogP contribution is 2.40. The molecule has 0 fully saturated rings. The number of halogens is 1. The topological polar surface area (TPSA) is 38.7 Å². The van der Waals surface area contributed by atoms with Gasteiger partial charge in [-0.15, -0.1) is 11.3 Å². The van der Waals surface area contributed by atoms with Crippen molar-refractivity contribution in [2.24, 2.45) is 0 Å². The van der Waals surface area contributed by atoms with E-state index in [1.165, 1.54) is 42.2 Å². The van der Waals surface area contributed by atoms with Gasteiger partial charge in [-0.05, 0) is 68.9 Å². The van der Waals surface area contributed by atoms with Crippen molar-refractivity contribution in [3.8, 4) is 45.0 Å². The van der Waals surface area contributed by atoms with E-state index in [0.717, 1.165) is 22.1 Å². The van der Waals surface area contributed by atoms with Crippen LogP contribution in [0.4, 0.5) is 0 Å². The first kappa shape index (κ1) is 24.9. The maximum absolute atomic E-state index is 6.50. The number of aromatic nitrogens is 3. The molecule has 6 aromatic carbocycles. The molecule has 2 aromatic heterocycles. The Kier molecular flexibility index (Phi) is 6.03. The van der Waals surface area contributed by atoms with Gasteiger partial charge >= 0.3 is 0 Å². The molecule has 0 N–H and O–H groups in total. The van der Waals surface area contributed by atoms with E-state index in [4.69, 9.17) is 16.6 Å². The van der Waals surface area contributed by atoms with Gasteiger partial charge in [-0.3, -0.25) is 0 Å². The fourth-order valence-electron chi connectivity index (χ4n) is 5.71. The second-order valence-corrected chi connectivity index (χ2v) is 11.6. The van der Waals surface area contributed by atoms with Crippen LogP contribution in [0.1, 0.15) is 0 Å².